The van der Waals surface area contributed by atoms with Crippen LogP contribution >= 0.6 is 15.9 Å². The van der Waals surface area contributed by atoms with E-state index in [1.165, 1.54) is 0 Å². The summed E-state index contributed by atoms with van der Waals surface area (Å²) in [5.74, 6) is 0.245. The molecule has 154 valence electrons. The molecule has 0 aliphatic heterocycles. The first-order valence-corrected chi connectivity index (χ1v) is 10.4. The lowest BCUT2D eigenvalue weighted by atomic mass is 10.2. The quantitative estimate of drug-likeness (QED) is 0.263. The van der Waals surface area contributed by atoms with E-state index in [0.29, 0.717) is 24.4 Å². The number of unbranched alkanes of at least 4 members (excludes halogenated alkanes) is 3. The van der Waals surface area contributed by atoms with Gasteiger partial charge in [-0.15, -0.1) is 0 Å². The van der Waals surface area contributed by atoms with E-state index in [9.17, 15) is 9.59 Å². The SMILES string of the molecule is C=C(C)C(=O)OCCCCCCOc1ccc(C(=O)Nc2ccc(Br)cc2)cc1. The van der Waals surface area contributed by atoms with Gasteiger partial charge < -0.3 is 14.8 Å². The second kappa shape index (κ2) is 12.1. The number of esters is 1. The predicted octanol–water partition coefficient (Wildman–Crippen LogP) is 5.76. The Balaban J connectivity index is 1.62. The molecule has 2 rings (SSSR count). The van der Waals surface area contributed by atoms with E-state index in [2.05, 4.69) is 27.8 Å². The van der Waals surface area contributed by atoms with Crippen molar-refractivity contribution >= 4 is 33.5 Å². The molecule has 5 nitrogen and oxygen atoms in total. The molecule has 0 aliphatic rings. The molecule has 0 heterocycles. The summed E-state index contributed by atoms with van der Waals surface area (Å²) in [6.07, 6.45) is 3.72. The van der Waals surface area contributed by atoms with Crippen molar-refractivity contribution in [3.05, 3.63) is 70.7 Å². The van der Waals surface area contributed by atoms with Crippen LogP contribution in [0, 0.1) is 0 Å². The number of benzene rings is 2. The maximum Gasteiger partial charge on any atom is 0.333 e. The minimum absolute atomic E-state index is 0.161. The predicted molar refractivity (Wildman–Crippen MR) is 118 cm³/mol. The lowest BCUT2D eigenvalue weighted by Crippen LogP contribution is -2.11. The van der Waals surface area contributed by atoms with Gasteiger partial charge in [-0.25, -0.2) is 4.79 Å². The van der Waals surface area contributed by atoms with E-state index < -0.39 is 0 Å². The minimum Gasteiger partial charge on any atom is -0.494 e. The van der Waals surface area contributed by atoms with Crippen molar-refractivity contribution in [2.45, 2.75) is 32.6 Å². The van der Waals surface area contributed by atoms with Crippen LogP contribution in [0.1, 0.15) is 43.0 Å². The highest BCUT2D eigenvalue weighted by Gasteiger charge is 2.06. The van der Waals surface area contributed by atoms with Gasteiger partial charge in [-0.2, -0.15) is 0 Å². The fourth-order valence-corrected chi connectivity index (χ4v) is 2.74. The average molecular weight is 460 g/mol. The van der Waals surface area contributed by atoms with Gasteiger partial charge in [-0.1, -0.05) is 22.5 Å². The topological polar surface area (TPSA) is 64.6 Å². The van der Waals surface area contributed by atoms with Crippen LogP contribution < -0.4 is 10.1 Å². The molecular formula is C23H26BrNO4. The Labute approximate surface area is 180 Å². The Morgan fingerprint density at radius 2 is 1.55 bits per heavy atom. The smallest absolute Gasteiger partial charge is 0.333 e. The van der Waals surface area contributed by atoms with Crippen molar-refractivity contribution in [1.29, 1.82) is 0 Å². The molecule has 0 aromatic heterocycles. The van der Waals surface area contributed by atoms with Crippen molar-refractivity contribution < 1.29 is 19.1 Å². The highest BCUT2D eigenvalue weighted by atomic mass is 79.9. The lowest BCUT2D eigenvalue weighted by molar-refractivity contribution is -0.139. The summed E-state index contributed by atoms with van der Waals surface area (Å²) in [7, 11) is 0. The fourth-order valence-electron chi connectivity index (χ4n) is 2.47. The number of nitrogens with one attached hydrogen (secondary N) is 1. The zero-order valence-corrected chi connectivity index (χ0v) is 18.2. The molecule has 29 heavy (non-hydrogen) atoms. The van der Waals surface area contributed by atoms with E-state index in [-0.39, 0.29) is 11.9 Å². The largest absolute Gasteiger partial charge is 0.494 e. The summed E-state index contributed by atoms with van der Waals surface area (Å²) in [5, 5.41) is 2.86. The first kappa shape index (κ1) is 22.7. The minimum atomic E-state index is -0.331. The van der Waals surface area contributed by atoms with Crippen LogP contribution in [-0.4, -0.2) is 25.1 Å². The molecule has 1 amide bonds. The monoisotopic (exact) mass is 459 g/mol. The molecule has 2 aromatic carbocycles. The van der Waals surface area contributed by atoms with Gasteiger partial charge in [-0.05, 0) is 81.1 Å². The third-order valence-electron chi connectivity index (χ3n) is 4.11. The van der Waals surface area contributed by atoms with Crippen LogP contribution in [0.25, 0.3) is 0 Å². The number of carbonyl (C=O) groups is 2. The van der Waals surface area contributed by atoms with Crippen molar-refractivity contribution in [2.75, 3.05) is 18.5 Å². The van der Waals surface area contributed by atoms with Gasteiger partial charge in [-0.3, -0.25) is 4.79 Å². The third kappa shape index (κ3) is 8.52. The fraction of sp³-hybridized carbons (Fsp3) is 0.304. The normalized spacial score (nSPS) is 10.3. The zero-order chi connectivity index (χ0) is 21.1. The second-order valence-corrected chi connectivity index (χ2v) is 7.58. The Morgan fingerprint density at radius 1 is 0.931 bits per heavy atom. The van der Waals surface area contributed by atoms with Crippen molar-refractivity contribution in [3.63, 3.8) is 0 Å². The molecule has 0 atom stereocenters. The summed E-state index contributed by atoms with van der Waals surface area (Å²) in [6.45, 7) is 6.22. The number of amides is 1. The maximum atomic E-state index is 12.3. The molecular weight excluding hydrogens is 434 g/mol. The van der Waals surface area contributed by atoms with Crippen molar-refractivity contribution in [2.24, 2.45) is 0 Å². The van der Waals surface area contributed by atoms with Crippen LogP contribution in [0.2, 0.25) is 0 Å². The molecule has 0 radical (unpaired) electrons. The first-order valence-electron chi connectivity index (χ1n) is 9.58. The maximum absolute atomic E-state index is 12.3. The Morgan fingerprint density at radius 3 is 2.17 bits per heavy atom. The van der Waals surface area contributed by atoms with Crippen LogP contribution in [-0.2, 0) is 9.53 Å². The first-order chi connectivity index (χ1) is 14.0. The summed E-state index contributed by atoms with van der Waals surface area (Å²) in [5.41, 5.74) is 1.74. The Hall–Kier alpha value is -2.60. The van der Waals surface area contributed by atoms with Crippen molar-refractivity contribution in [3.8, 4) is 5.75 Å². The molecule has 0 saturated carbocycles. The highest BCUT2D eigenvalue weighted by molar-refractivity contribution is 9.10. The van der Waals surface area contributed by atoms with Gasteiger partial charge in [0, 0.05) is 21.3 Å². The third-order valence-corrected chi connectivity index (χ3v) is 4.64. The van der Waals surface area contributed by atoms with Gasteiger partial charge in [0.05, 0.1) is 13.2 Å². The lowest BCUT2D eigenvalue weighted by Gasteiger charge is -2.08. The molecule has 0 aliphatic carbocycles. The summed E-state index contributed by atoms with van der Waals surface area (Å²) in [4.78, 5) is 23.5. The van der Waals surface area contributed by atoms with Gasteiger partial charge in [0.25, 0.3) is 5.91 Å². The number of rotatable bonds is 11. The molecule has 2 aromatic rings. The van der Waals surface area contributed by atoms with E-state index in [1.54, 1.807) is 31.2 Å². The van der Waals surface area contributed by atoms with Gasteiger partial charge in [0.15, 0.2) is 0 Å². The molecule has 0 unspecified atom stereocenters. The molecule has 1 N–H and O–H groups in total. The molecule has 0 saturated heterocycles. The molecule has 0 bridgehead atoms. The Bertz CT molecular complexity index is 816. The summed E-state index contributed by atoms with van der Waals surface area (Å²) < 4.78 is 11.7. The number of halogens is 1. The zero-order valence-electron chi connectivity index (χ0n) is 16.6. The van der Waals surface area contributed by atoms with Crippen LogP contribution in [0.3, 0.4) is 0 Å². The highest BCUT2D eigenvalue weighted by Crippen LogP contribution is 2.17. The van der Waals surface area contributed by atoms with Crippen molar-refractivity contribution in [1.82, 2.24) is 0 Å². The van der Waals surface area contributed by atoms with Crippen LogP contribution in [0.15, 0.2) is 65.2 Å². The number of hydrogen-bond donors (Lipinski definition) is 1. The van der Waals surface area contributed by atoms with Gasteiger partial charge in [0.1, 0.15) is 5.75 Å². The molecule has 0 fully saturated rings. The number of ether oxygens (including phenoxy) is 2. The standard InChI is InChI=1S/C23H26BrNO4/c1-17(2)23(27)29-16-6-4-3-5-15-28-21-13-7-18(8-14-21)22(26)25-20-11-9-19(24)10-12-20/h7-14H,1,3-6,15-16H2,2H3,(H,25,26). The Kier molecular flexibility index (Phi) is 9.44. The van der Waals surface area contributed by atoms with Crippen LogP contribution in [0.4, 0.5) is 5.69 Å². The average Bonchev–Trinajstić information content (AvgIpc) is 2.71. The summed E-state index contributed by atoms with van der Waals surface area (Å²) >= 11 is 3.37. The second-order valence-electron chi connectivity index (χ2n) is 6.66. The number of carbonyl (C=O) groups excluding carboxylic acids is 2. The molecule has 6 heteroatoms. The molecule has 0 spiro atoms. The van der Waals surface area contributed by atoms with Gasteiger partial charge in [0.2, 0.25) is 0 Å². The number of hydrogen-bond acceptors (Lipinski definition) is 4. The number of anilines is 1. The van der Waals surface area contributed by atoms with Gasteiger partial charge >= 0.3 is 5.97 Å². The van der Waals surface area contributed by atoms with E-state index in [0.717, 1.165) is 41.6 Å². The van der Waals surface area contributed by atoms with E-state index >= 15 is 0 Å². The summed E-state index contributed by atoms with van der Waals surface area (Å²) in [6, 6.07) is 14.5. The van der Waals surface area contributed by atoms with E-state index in [4.69, 9.17) is 9.47 Å². The van der Waals surface area contributed by atoms with Crippen LogP contribution in [0.5, 0.6) is 5.75 Å². The van der Waals surface area contributed by atoms with E-state index in [1.807, 2.05) is 24.3 Å².